The van der Waals surface area contributed by atoms with Gasteiger partial charge in [-0.25, -0.2) is 4.79 Å². The van der Waals surface area contributed by atoms with Gasteiger partial charge in [-0.2, -0.15) is 0 Å². The number of hydrogen-bond acceptors (Lipinski definition) is 3. The minimum atomic E-state index is -0.438. The van der Waals surface area contributed by atoms with Gasteiger partial charge in [0.15, 0.2) is 5.58 Å². The number of ether oxygens (including phenoxy) is 1. The Morgan fingerprint density at radius 3 is 3.17 bits per heavy atom. The van der Waals surface area contributed by atoms with Crippen molar-refractivity contribution in [1.82, 2.24) is 4.98 Å². The Labute approximate surface area is 109 Å². The van der Waals surface area contributed by atoms with E-state index < -0.39 is 5.76 Å². The molecule has 1 saturated heterocycles. The highest BCUT2D eigenvalue weighted by Crippen LogP contribution is 2.31. The molecule has 0 bridgehead atoms. The first-order chi connectivity index (χ1) is 8.72. The molecule has 18 heavy (non-hydrogen) atoms. The predicted molar refractivity (Wildman–Crippen MR) is 69.0 cm³/mol. The Morgan fingerprint density at radius 2 is 2.39 bits per heavy atom. The van der Waals surface area contributed by atoms with Crippen LogP contribution in [0.3, 0.4) is 0 Å². The largest absolute Gasteiger partial charge is 0.417 e. The molecule has 96 valence electrons. The molecule has 3 rings (SSSR count). The maximum absolute atomic E-state index is 11.1. The van der Waals surface area contributed by atoms with Crippen LogP contribution in [0, 0.1) is 0 Å². The van der Waals surface area contributed by atoms with Gasteiger partial charge in [-0.3, -0.25) is 4.98 Å². The first kappa shape index (κ1) is 11.8. The second-order valence-corrected chi connectivity index (χ2v) is 5.14. The van der Waals surface area contributed by atoms with E-state index in [9.17, 15) is 4.79 Å². The van der Waals surface area contributed by atoms with Gasteiger partial charge in [-0.1, -0.05) is 6.07 Å². The Kier molecular flexibility index (Phi) is 3.14. The van der Waals surface area contributed by atoms with Gasteiger partial charge in [0.1, 0.15) is 0 Å². The van der Waals surface area contributed by atoms with Crippen LogP contribution in [0.15, 0.2) is 27.4 Å². The van der Waals surface area contributed by atoms with E-state index in [1.807, 2.05) is 18.2 Å². The number of rotatable bonds is 3. The van der Waals surface area contributed by atoms with Crippen LogP contribution < -0.4 is 5.76 Å². The first-order valence-electron chi connectivity index (χ1n) is 6.11. The lowest BCUT2D eigenvalue weighted by atomic mass is 10.0. The van der Waals surface area contributed by atoms with Crippen molar-refractivity contribution in [2.24, 2.45) is 0 Å². The highest BCUT2D eigenvalue weighted by atomic mass is 35.5. The molecule has 1 aliphatic rings. The molecule has 5 heteroatoms. The monoisotopic (exact) mass is 267 g/mol. The van der Waals surface area contributed by atoms with E-state index >= 15 is 0 Å². The lowest BCUT2D eigenvalue weighted by Gasteiger charge is -2.14. The fraction of sp³-hybridized carbons (Fsp3) is 0.462. The number of oxazole rings is 1. The standard InChI is InChI=1S/C13H14ClNO3/c14-10(7-9-2-1-5-17-9)8-3-4-11-12(6-8)18-13(16)15-11/h3-4,6,9-10H,1-2,5,7H2,(H,15,16). The van der Waals surface area contributed by atoms with Gasteiger partial charge in [-0.05, 0) is 37.0 Å². The Balaban J connectivity index is 1.81. The molecule has 0 spiro atoms. The predicted octanol–water partition coefficient (Wildman–Crippen LogP) is 2.97. The average Bonchev–Trinajstić information content (AvgIpc) is 2.95. The molecule has 1 fully saturated rings. The second kappa shape index (κ2) is 4.78. The molecule has 0 aliphatic carbocycles. The molecule has 1 N–H and O–H groups in total. The van der Waals surface area contributed by atoms with Crippen molar-refractivity contribution < 1.29 is 9.15 Å². The van der Waals surface area contributed by atoms with Crippen molar-refractivity contribution in [3.05, 3.63) is 34.3 Å². The molecule has 1 aromatic carbocycles. The molecule has 1 aliphatic heterocycles. The summed E-state index contributed by atoms with van der Waals surface area (Å²) >= 11 is 6.38. The lowest BCUT2D eigenvalue weighted by Crippen LogP contribution is -2.08. The molecular formula is C13H14ClNO3. The number of fused-ring (bicyclic) bond motifs is 1. The molecule has 2 aromatic rings. The molecular weight excluding hydrogens is 254 g/mol. The van der Waals surface area contributed by atoms with E-state index in [1.165, 1.54) is 0 Å². The first-order valence-corrected chi connectivity index (χ1v) is 6.54. The minimum absolute atomic E-state index is 0.113. The van der Waals surface area contributed by atoms with Gasteiger partial charge in [-0.15, -0.1) is 11.6 Å². The summed E-state index contributed by atoms with van der Waals surface area (Å²) in [4.78, 5) is 13.7. The normalized spacial score (nSPS) is 21.5. The number of halogens is 1. The van der Waals surface area contributed by atoms with Gasteiger partial charge in [0.2, 0.25) is 0 Å². The maximum Gasteiger partial charge on any atom is 0.417 e. The van der Waals surface area contributed by atoms with Crippen LogP contribution in [-0.2, 0) is 4.74 Å². The van der Waals surface area contributed by atoms with E-state index in [0.29, 0.717) is 11.1 Å². The van der Waals surface area contributed by atoms with Crippen molar-refractivity contribution in [2.75, 3.05) is 6.61 Å². The fourth-order valence-corrected chi connectivity index (χ4v) is 2.69. The number of alkyl halides is 1. The van der Waals surface area contributed by atoms with Crippen LogP contribution in [0.1, 0.15) is 30.2 Å². The molecule has 4 nitrogen and oxygen atoms in total. The highest BCUT2D eigenvalue weighted by Gasteiger charge is 2.21. The van der Waals surface area contributed by atoms with Crippen LogP contribution in [0.2, 0.25) is 0 Å². The average molecular weight is 268 g/mol. The van der Waals surface area contributed by atoms with Gasteiger partial charge < -0.3 is 9.15 Å². The number of nitrogens with one attached hydrogen (secondary N) is 1. The molecule has 1 aromatic heterocycles. The van der Waals surface area contributed by atoms with Crippen molar-refractivity contribution in [3.8, 4) is 0 Å². The SMILES string of the molecule is O=c1[nH]c2ccc(C(Cl)CC3CCCO3)cc2o1. The number of aromatic nitrogens is 1. The Hall–Kier alpha value is -1.26. The third kappa shape index (κ3) is 2.31. The van der Waals surface area contributed by atoms with Crippen molar-refractivity contribution in [1.29, 1.82) is 0 Å². The zero-order chi connectivity index (χ0) is 12.5. The molecule has 2 atom stereocenters. The summed E-state index contributed by atoms with van der Waals surface area (Å²) in [5, 5.41) is -0.113. The molecule has 2 unspecified atom stereocenters. The number of H-pyrrole nitrogens is 1. The Bertz CT molecular complexity index is 598. The van der Waals surface area contributed by atoms with E-state index in [1.54, 1.807) is 0 Å². The number of benzene rings is 1. The third-order valence-corrected chi connectivity index (χ3v) is 3.73. The van der Waals surface area contributed by atoms with Gasteiger partial charge in [0, 0.05) is 6.61 Å². The fourth-order valence-electron chi connectivity index (χ4n) is 2.35. The van der Waals surface area contributed by atoms with Crippen LogP contribution in [0.5, 0.6) is 0 Å². The van der Waals surface area contributed by atoms with E-state index in [-0.39, 0.29) is 11.5 Å². The molecule has 0 amide bonds. The summed E-state index contributed by atoms with van der Waals surface area (Å²) in [5.41, 5.74) is 2.21. The molecule has 0 radical (unpaired) electrons. The summed E-state index contributed by atoms with van der Waals surface area (Å²) in [5.74, 6) is -0.438. The molecule has 0 saturated carbocycles. The van der Waals surface area contributed by atoms with E-state index in [0.717, 1.165) is 31.4 Å². The second-order valence-electron chi connectivity index (χ2n) is 4.61. The van der Waals surface area contributed by atoms with Gasteiger partial charge in [0.05, 0.1) is 17.0 Å². The van der Waals surface area contributed by atoms with E-state index in [2.05, 4.69) is 4.98 Å². The zero-order valence-corrected chi connectivity index (χ0v) is 10.6. The summed E-state index contributed by atoms with van der Waals surface area (Å²) in [6, 6.07) is 5.56. The van der Waals surface area contributed by atoms with Crippen molar-refractivity contribution >= 4 is 22.7 Å². The maximum atomic E-state index is 11.1. The van der Waals surface area contributed by atoms with Crippen molar-refractivity contribution in [2.45, 2.75) is 30.7 Å². The van der Waals surface area contributed by atoms with Crippen LogP contribution in [0.25, 0.3) is 11.1 Å². The van der Waals surface area contributed by atoms with Gasteiger partial charge in [0.25, 0.3) is 0 Å². The highest BCUT2D eigenvalue weighted by molar-refractivity contribution is 6.20. The summed E-state index contributed by atoms with van der Waals surface area (Å²) in [6.07, 6.45) is 3.23. The Morgan fingerprint density at radius 1 is 1.50 bits per heavy atom. The zero-order valence-electron chi connectivity index (χ0n) is 9.82. The van der Waals surface area contributed by atoms with Crippen molar-refractivity contribution in [3.63, 3.8) is 0 Å². The quantitative estimate of drug-likeness (QED) is 0.870. The van der Waals surface area contributed by atoms with Crippen LogP contribution in [0.4, 0.5) is 0 Å². The summed E-state index contributed by atoms with van der Waals surface area (Å²) in [6.45, 7) is 0.833. The topological polar surface area (TPSA) is 55.2 Å². The lowest BCUT2D eigenvalue weighted by molar-refractivity contribution is 0.103. The van der Waals surface area contributed by atoms with Crippen LogP contribution in [-0.4, -0.2) is 17.7 Å². The molecule has 2 heterocycles. The number of aromatic amines is 1. The number of hydrogen-bond donors (Lipinski definition) is 1. The summed E-state index contributed by atoms with van der Waals surface area (Å²) in [7, 11) is 0. The van der Waals surface area contributed by atoms with E-state index in [4.69, 9.17) is 20.8 Å². The van der Waals surface area contributed by atoms with Crippen LogP contribution >= 0.6 is 11.6 Å². The van der Waals surface area contributed by atoms with Gasteiger partial charge >= 0.3 is 5.76 Å². The third-order valence-electron chi connectivity index (χ3n) is 3.30. The smallest absolute Gasteiger partial charge is 0.408 e. The minimum Gasteiger partial charge on any atom is -0.408 e. The summed E-state index contributed by atoms with van der Waals surface area (Å²) < 4.78 is 10.6.